The molecule has 0 unspecified atom stereocenters. The highest BCUT2D eigenvalue weighted by Gasteiger charge is 2.18. The van der Waals surface area contributed by atoms with Crippen LogP contribution in [0.1, 0.15) is 16.8 Å². The van der Waals surface area contributed by atoms with Gasteiger partial charge in [-0.15, -0.1) is 0 Å². The highest BCUT2D eigenvalue weighted by atomic mass is 16.5. The zero-order chi connectivity index (χ0) is 13.7. The summed E-state index contributed by atoms with van der Waals surface area (Å²) < 4.78 is 7.54. The van der Waals surface area contributed by atoms with Gasteiger partial charge in [0.15, 0.2) is 11.6 Å². The van der Waals surface area contributed by atoms with Crippen LogP contribution < -0.4 is 5.73 Å². The molecule has 3 rings (SSSR count). The van der Waals surface area contributed by atoms with Crippen molar-refractivity contribution in [3.8, 4) is 11.3 Å². The van der Waals surface area contributed by atoms with Crippen LogP contribution in [0.2, 0.25) is 0 Å². The van der Waals surface area contributed by atoms with Crippen LogP contribution in [0.3, 0.4) is 0 Å². The Morgan fingerprint density at radius 3 is 2.53 bits per heavy atom. The number of nitrogens with two attached hydrogens (primary N) is 1. The minimum atomic E-state index is 0.413. The van der Waals surface area contributed by atoms with E-state index < -0.39 is 0 Å². The molecule has 4 heteroatoms. The zero-order valence-electron chi connectivity index (χ0n) is 11.6. The van der Waals surface area contributed by atoms with Crippen LogP contribution in [0.25, 0.3) is 22.2 Å². The lowest BCUT2D eigenvalue weighted by molar-refractivity contribution is 0.436. The Balaban J connectivity index is 2.45. The van der Waals surface area contributed by atoms with Crippen LogP contribution in [0.15, 0.2) is 22.7 Å². The molecule has 1 aromatic carbocycles. The van der Waals surface area contributed by atoms with Gasteiger partial charge in [-0.3, -0.25) is 0 Å². The van der Waals surface area contributed by atoms with Crippen molar-refractivity contribution in [2.45, 2.75) is 20.8 Å². The van der Waals surface area contributed by atoms with Gasteiger partial charge in [-0.1, -0.05) is 16.8 Å². The molecule has 0 fully saturated rings. The Labute approximate surface area is 111 Å². The Morgan fingerprint density at radius 1 is 1.16 bits per heavy atom. The van der Waals surface area contributed by atoms with Crippen LogP contribution in [-0.4, -0.2) is 9.72 Å². The van der Waals surface area contributed by atoms with Gasteiger partial charge in [-0.25, -0.2) is 0 Å². The first-order chi connectivity index (χ1) is 8.99. The maximum Gasteiger partial charge on any atom is 0.171 e. The van der Waals surface area contributed by atoms with Gasteiger partial charge in [0.2, 0.25) is 0 Å². The van der Waals surface area contributed by atoms with Gasteiger partial charge in [-0.05, 0) is 32.4 Å². The number of hydrogen-bond acceptors (Lipinski definition) is 3. The molecule has 2 heterocycles. The van der Waals surface area contributed by atoms with Gasteiger partial charge >= 0.3 is 0 Å². The SMILES string of the molecule is Cc1cc(C)c2c(c1)c(-c1cc(N)no1)c(C)n2C. The Kier molecular flexibility index (Phi) is 2.42. The van der Waals surface area contributed by atoms with Crippen molar-refractivity contribution in [1.82, 2.24) is 9.72 Å². The van der Waals surface area contributed by atoms with Crippen molar-refractivity contribution < 1.29 is 4.52 Å². The number of hydrogen-bond donors (Lipinski definition) is 1. The first-order valence-corrected chi connectivity index (χ1v) is 6.28. The fourth-order valence-corrected chi connectivity index (χ4v) is 2.84. The zero-order valence-corrected chi connectivity index (χ0v) is 11.6. The van der Waals surface area contributed by atoms with Crippen molar-refractivity contribution >= 4 is 16.7 Å². The standard InChI is InChI=1S/C15H17N3O/c1-8-5-9(2)15-11(6-8)14(10(3)18(15)4)12-7-13(16)17-19-12/h5-7H,1-4H3,(H2,16,17). The fourth-order valence-electron chi connectivity index (χ4n) is 2.84. The lowest BCUT2D eigenvalue weighted by Crippen LogP contribution is -1.92. The maximum atomic E-state index is 5.67. The number of benzene rings is 1. The Bertz CT molecular complexity index is 780. The first-order valence-electron chi connectivity index (χ1n) is 6.28. The van der Waals surface area contributed by atoms with Gasteiger partial charge < -0.3 is 14.8 Å². The van der Waals surface area contributed by atoms with E-state index in [0.717, 1.165) is 17.0 Å². The van der Waals surface area contributed by atoms with E-state index in [1.807, 2.05) is 0 Å². The average molecular weight is 255 g/mol. The maximum absolute atomic E-state index is 5.67. The van der Waals surface area contributed by atoms with E-state index in [2.05, 4.69) is 49.7 Å². The van der Waals surface area contributed by atoms with Crippen LogP contribution in [0.4, 0.5) is 5.82 Å². The number of anilines is 1. The summed E-state index contributed by atoms with van der Waals surface area (Å²) >= 11 is 0. The molecule has 0 saturated heterocycles. The molecule has 3 aromatic rings. The summed E-state index contributed by atoms with van der Waals surface area (Å²) in [6.45, 7) is 6.32. The molecule has 0 radical (unpaired) electrons. The first kappa shape index (κ1) is 11.8. The number of nitrogens with zero attached hydrogens (tertiary/aromatic N) is 2. The topological polar surface area (TPSA) is 57.0 Å². The van der Waals surface area contributed by atoms with Crippen molar-refractivity contribution in [2.24, 2.45) is 7.05 Å². The van der Waals surface area contributed by atoms with Gasteiger partial charge in [0.25, 0.3) is 0 Å². The molecule has 0 aliphatic heterocycles. The van der Waals surface area contributed by atoms with E-state index in [4.69, 9.17) is 10.3 Å². The van der Waals surface area contributed by atoms with Gasteiger partial charge in [0, 0.05) is 29.8 Å². The molecule has 0 bridgehead atoms. The number of nitrogen functional groups attached to an aromatic ring is 1. The Morgan fingerprint density at radius 2 is 1.89 bits per heavy atom. The highest BCUT2D eigenvalue weighted by Crippen LogP contribution is 2.36. The molecule has 98 valence electrons. The molecular weight excluding hydrogens is 238 g/mol. The predicted octanol–water partition coefficient (Wildman–Crippen LogP) is 3.34. The molecule has 0 amide bonds. The predicted molar refractivity (Wildman–Crippen MR) is 77.0 cm³/mol. The number of rotatable bonds is 1. The number of aromatic nitrogens is 2. The van der Waals surface area contributed by atoms with E-state index in [0.29, 0.717) is 5.82 Å². The summed E-state index contributed by atoms with van der Waals surface area (Å²) in [5.41, 5.74) is 11.6. The largest absolute Gasteiger partial charge is 0.381 e. The van der Waals surface area contributed by atoms with Crippen LogP contribution in [-0.2, 0) is 7.05 Å². The molecule has 0 aliphatic carbocycles. The molecule has 0 aliphatic rings. The molecule has 0 atom stereocenters. The fraction of sp³-hybridized carbons (Fsp3) is 0.267. The van der Waals surface area contributed by atoms with Crippen LogP contribution >= 0.6 is 0 Å². The summed E-state index contributed by atoms with van der Waals surface area (Å²) in [6.07, 6.45) is 0. The molecule has 2 aromatic heterocycles. The van der Waals surface area contributed by atoms with Crippen LogP contribution in [0.5, 0.6) is 0 Å². The molecule has 4 nitrogen and oxygen atoms in total. The quantitative estimate of drug-likeness (QED) is 0.725. The van der Waals surface area contributed by atoms with Crippen molar-refractivity contribution in [3.63, 3.8) is 0 Å². The van der Waals surface area contributed by atoms with E-state index >= 15 is 0 Å². The molecule has 19 heavy (non-hydrogen) atoms. The smallest absolute Gasteiger partial charge is 0.171 e. The van der Waals surface area contributed by atoms with Gasteiger partial charge in [0.05, 0.1) is 5.52 Å². The lowest BCUT2D eigenvalue weighted by Gasteiger charge is -2.03. The summed E-state index contributed by atoms with van der Waals surface area (Å²) in [4.78, 5) is 0. The van der Waals surface area contributed by atoms with E-state index in [-0.39, 0.29) is 0 Å². The van der Waals surface area contributed by atoms with E-state index in [1.165, 1.54) is 22.0 Å². The van der Waals surface area contributed by atoms with Gasteiger partial charge in [-0.2, -0.15) is 0 Å². The summed E-state index contributed by atoms with van der Waals surface area (Å²) in [7, 11) is 2.07. The monoisotopic (exact) mass is 255 g/mol. The summed E-state index contributed by atoms with van der Waals surface area (Å²) in [6, 6.07) is 6.16. The van der Waals surface area contributed by atoms with E-state index in [1.54, 1.807) is 6.07 Å². The minimum Gasteiger partial charge on any atom is -0.381 e. The lowest BCUT2D eigenvalue weighted by atomic mass is 10.0. The molecule has 2 N–H and O–H groups in total. The third kappa shape index (κ3) is 1.63. The average Bonchev–Trinajstić information content (AvgIpc) is 2.83. The Hall–Kier alpha value is -2.23. The highest BCUT2D eigenvalue weighted by molar-refractivity contribution is 5.99. The third-order valence-electron chi connectivity index (χ3n) is 3.69. The van der Waals surface area contributed by atoms with E-state index in [9.17, 15) is 0 Å². The van der Waals surface area contributed by atoms with Crippen molar-refractivity contribution in [1.29, 1.82) is 0 Å². The van der Waals surface area contributed by atoms with Gasteiger partial charge in [0.1, 0.15) is 0 Å². The normalized spacial score (nSPS) is 11.4. The molecule has 0 saturated carbocycles. The van der Waals surface area contributed by atoms with Crippen LogP contribution in [0, 0.1) is 20.8 Å². The molecule has 0 spiro atoms. The van der Waals surface area contributed by atoms with Crippen molar-refractivity contribution in [3.05, 3.63) is 35.0 Å². The minimum absolute atomic E-state index is 0.413. The number of fused-ring (bicyclic) bond motifs is 1. The summed E-state index contributed by atoms with van der Waals surface area (Å²) in [5.74, 6) is 1.14. The number of aryl methyl sites for hydroxylation is 3. The second-order valence-corrected chi connectivity index (χ2v) is 5.11. The second kappa shape index (κ2) is 3.88. The summed E-state index contributed by atoms with van der Waals surface area (Å²) in [5, 5.41) is 4.98. The third-order valence-corrected chi connectivity index (χ3v) is 3.69. The second-order valence-electron chi connectivity index (χ2n) is 5.11. The van der Waals surface area contributed by atoms with Crippen molar-refractivity contribution in [2.75, 3.05) is 5.73 Å². The molecular formula is C15H17N3O.